The van der Waals surface area contributed by atoms with Crippen molar-refractivity contribution in [3.63, 3.8) is 0 Å². The topological polar surface area (TPSA) is 49.4 Å². The average molecular weight is 404 g/mol. The molecule has 1 aliphatic heterocycles. The maximum Gasteiger partial charge on any atom is 0.254 e. The van der Waals surface area contributed by atoms with Gasteiger partial charge in [0.25, 0.3) is 5.91 Å². The molecule has 1 heterocycles. The molecule has 5 heteroatoms. The summed E-state index contributed by atoms with van der Waals surface area (Å²) in [5, 5.41) is 4.88. The van der Waals surface area contributed by atoms with Crippen LogP contribution in [0.3, 0.4) is 0 Å². The van der Waals surface area contributed by atoms with Gasteiger partial charge in [0.05, 0.1) is 5.92 Å². The third-order valence-corrected chi connectivity index (χ3v) is 5.75. The molecule has 4 rings (SSSR count). The van der Waals surface area contributed by atoms with E-state index in [0.29, 0.717) is 37.2 Å². The Morgan fingerprint density at radius 2 is 1.77 bits per heavy atom. The van der Waals surface area contributed by atoms with Crippen molar-refractivity contribution < 1.29 is 14.0 Å². The standard InChI is InChI=1S/C25H25FN2O2/c26-23-13-4-2-8-19(23)14-15-27-24(29)20-10-6-16-28(17-20)25(30)22-12-5-9-18-7-1-3-11-21(18)22/h1-5,7-9,11-13,20H,6,10,14-17H2,(H,27,29). The smallest absolute Gasteiger partial charge is 0.254 e. The largest absolute Gasteiger partial charge is 0.355 e. The molecule has 1 N–H and O–H groups in total. The first-order chi connectivity index (χ1) is 14.6. The van der Waals surface area contributed by atoms with Crippen LogP contribution in [0.1, 0.15) is 28.8 Å². The van der Waals surface area contributed by atoms with Gasteiger partial charge in [-0.15, -0.1) is 0 Å². The average Bonchev–Trinajstić information content (AvgIpc) is 2.79. The lowest BCUT2D eigenvalue weighted by Crippen LogP contribution is -2.45. The lowest BCUT2D eigenvalue weighted by atomic mass is 9.95. The van der Waals surface area contributed by atoms with Crippen LogP contribution in [0, 0.1) is 11.7 Å². The minimum Gasteiger partial charge on any atom is -0.355 e. The number of benzene rings is 3. The SMILES string of the molecule is O=C(NCCc1ccccc1F)C1CCCN(C(=O)c2cccc3ccccc23)C1. The molecular formula is C25H25FN2O2. The molecule has 0 bridgehead atoms. The van der Waals surface area contributed by atoms with Gasteiger partial charge in [-0.25, -0.2) is 4.39 Å². The summed E-state index contributed by atoms with van der Waals surface area (Å²) in [5.74, 6) is -0.591. The lowest BCUT2D eigenvalue weighted by Gasteiger charge is -2.32. The molecule has 0 aliphatic carbocycles. The molecule has 3 aromatic rings. The molecular weight excluding hydrogens is 379 g/mol. The molecule has 0 aromatic heterocycles. The molecule has 1 fully saturated rings. The van der Waals surface area contributed by atoms with Crippen LogP contribution in [-0.4, -0.2) is 36.3 Å². The number of halogens is 1. The van der Waals surface area contributed by atoms with Gasteiger partial charge in [0.15, 0.2) is 0 Å². The van der Waals surface area contributed by atoms with Crippen molar-refractivity contribution in [2.75, 3.05) is 19.6 Å². The molecule has 3 aromatic carbocycles. The quantitative estimate of drug-likeness (QED) is 0.693. The summed E-state index contributed by atoms with van der Waals surface area (Å²) < 4.78 is 13.7. The number of nitrogens with one attached hydrogen (secondary N) is 1. The Morgan fingerprint density at radius 3 is 2.63 bits per heavy atom. The monoisotopic (exact) mass is 404 g/mol. The summed E-state index contributed by atoms with van der Waals surface area (Å²) in [6.45, 7) is 1.45. The Hall–Kier alpha value is -3.21. The van der Waals surface area contributed by atoms with E-state index in [2.05, 4.69) is 5.32 Å². The summed E-state index contributed by atoms with van der Waals surface area (Å²) >= 11 is 0. The molecule has 0 spiro atoms. The normalized spacial score (nSPS) is 16.4. The van der Waals surface area contributed by atoms with E-state index in [1.54, 1.807) is 23.1 Å². The molecule has 1 unspecified atom stereocenters. The van der Waals surface area contributed by atoms with Crippen molar-refractivity contribution in [3.05, 3.63) is 83.7 Å². The van der Waals surface area contributed by atoms with Gasteiger partial charge in [-0.3, -0.25) is 9.59 Å². The minimum atomic E-state index is -0.253. The van der Waals surface area contributed by atoms with Gasteiger partial charge >= 0.3 is 0 Å². The van der Waals surface area contributed by atoms with Gasteiger partial charge in [-0.05, 0) is 47.7 Å². The van der Waals surface area contributed by atoms with Crippen LogP contribution >= 0.6 is 0 Å². The minimum absolute atomic E-state index is 0.0318. The fourth-order valence-corrected chi connectivity index (χ4v) is 4.12. The van der Waals surface area contributed by atoms with Crippen molar-refractivity contribution in [1.29, 1.82) is 0 Å². The number of piperidine rings is 1. The Morgan fingerprint density at radius 1 is 1.00 bits per heavy atom. The number of carbonyl (C=O) groups excluding carboxylic acids is 2. The third-order valence-electron chi connectivity index (χ3n) is 5.75. The van der Waals surface area contributed by atoms with E-state index in [4.69, 9.17) is 0 Å². The van der Waals surface area contributed by atoms with Crippen molar-refractivity contribution in [2.24, 2.45) is 5.92 Å². The highest BCUT2D eigenvalue weighted by Gasteiger charge is 2.29. The van der Waals surface area contributed by atoms with E-state index < -0.39 is 0 Å². The highest BCUT2D eigenvalue weighted by molar-refractivity contribution is 6.07. The second kappa shape index (κ2) is 9.08. The Kier molecular flexibility index (Phi) is 6.07. The molecule has 0 saturated carbocycles. The van der Waals surface area contributed by atoms with Gasteiger partial charge in [0, 0.05) is 25.2 Å². The van der Waals surface area contributed by atoms with Crippen LogP contribution < -0.4 is 5.32 Å². The third kappa shape index (κ3) is 4.35. The molecule has 2 amide bonds. The van der Waals surface area contributed by atoms with E-state index in [-0.39, 0.29) is 23.5 Å². The molecule has 30 heavy (non-hydrogen) atoms. The van der Waals surface area contributed by atoms with Crippen molar-refractivity contribution in [2.45, 2.75) is 19.3 Å². The van der Waals surface area contributed by atoms with Crippen LogP contribution in [0.25, 0.3) is 10.8 Å². The number of hydrogen-bond donors (Lipinski definition) is 1. The van der Waals surface area contributed by atoms with Crippen LogP contribution in [-0.2, 0) is 11.2 Å². The predicted octanol–water partition coefficient (Wildman–Crippen LogP) is 4.19. The second-order valence-electron chi connectivity index (χ2n) is 7.75. The number of rotatable bonds is 5. The maximum absolute atomic E-state index is 13.7. The van der Waals surface area contributed by atoms with E-state index in [1.165, 1.54) is 6.07 Å². The summed E-state index contributed by atoms with van der Waals surface area (Å²) in [6.07, 6.45) is 2.00. The Balaban J connectivity index is 1.38. The summed E-state index contributed by atoms with van der Waals surface area (Å²) in [5.41, 5.74) is 1.27. The number of carbonyl (C=O) groups is 2. The Labute approximate surface area is 175 Å². The zero-order valence-electron chi connectivity index (χ0n) is 16.8. The first kappa shape index (κ1) is 20.1. The fraction of sp³-hybridized carbons (Fsp3) is 0.280. The van der Waals surface area contributed by atoms with Gasteiger partial charge in [-0.1, -0.05) is 54.6 Å². The van der Waals surface area contributed by atoms with Crippen molar-refractivity contribution in [3.8, 4) is 0 Å². The van der Waals surface area contributed by atoms with Crippen LogP contribution in [0.15, 0.2) is 66.7 Å². The lowest BCUT2D eigenvalue weighted by molar-refractivity contribution is -0.126. The number of fused-ring (bicyclic) bond motifs is 1. The number of amides is 2. The van der Waals surface area contributed by atoms with E-state index >= 15 is 0 Å². The molecule has 1 aliphatic rings. The van der Waals surface area contributed by atoms with Crippen LogP contribution in [0.4, 0.5) is 4.39 Å². The molecule has 4 nitrogen and oxygen atoms in total. The zero-order chi connectivity index (χ0) is 20.9. The van der Waals surface area contributed by atoms with Gasteiger partial charge in [0.2, 0.25) is 5.91 Å². The van der Waals surface area contributed by atoms with Gasteiger partial charge in [-0.2, -0.15) is 0 Å². The number of likely N-dealkylation sites (tertiary alicyclic amines) is 1. The summed E-state index contributed by atoms with van der Waals surface area (Å²) in [4.78, 5) is 27.6. The zero-order valence-corrected chi connectivity index (χ0v) is 16.8. The van der Waals surface area contributed by atoms with Gasteiger partial charge < -0.3 is 10.2 Å². The Bertz CT molecular complexity index is 1060. The molecule has 1 atom stereocenters. The van der Waals surface area contributed by atoms with Crippen LogP contribution in [0.2, 0.25) is 0 Å². The molecule has 0 radical (unpaired) electrons. The van der Waals surface area contributed by atoms with Crippen molar-refractivity contribution in [1.82, 2.24) is 10.2 Å². The predicted molar refractivity (Wildman–Crippen MR) is 116 cm³/mol. The summed E-state index contributed by atoms with van der Waals surface area (Å²) in [6, 6.07) is 20.2. The maximum atomic E-state index is 13.7. The highest BCUT2D eigenvalue weighted by Crippen LogP contribution is 2.23. The fourth-order valence-electron chi connectivity index (χ4n) is 4.12. The second-order valence-corrected chi connectivity index (χ2v) is 7.75. The molecule has 1 saturated heterocycles. The van der Waals surface area contributed by atoms with Gasteiger partial charge in [0.1, 0.15) is 5.82 Å². The number of hydrogen-bond acceptors (Lipinski definition) is 2. The van der Waals surface area contributed by atoms with E-state index in [0.717, 1.165) is 23.6 Å². The molecule has 154 valence electrons. The van der Waals surface area contributed by atoms with E-state index in [9.17, 15) is 14.0 Å². The van der Waals surface area contributed by atoms with Crippen LogP contribution in [0.5, 0.6) is 0 Å². The van der Waals surface area contributed by atoms with E-state index in [1.807, 2.05) is 42.5 Å². The summed E-state index contributed by atoms with van der Waals surface area (Å²) in [7, 11) is 0. The first-order valence-corrected chi connectivity index (χ1v) is 10.4. The van der Waals surface area contributed by atoms with Crippen molar-refractivity contribution >= 4 is 22.6 Å². The number of nitrogens with zero attached hydrogens (tertiary/aromatic N) is 1. The highest BCUT2D eigenvalue weighted by atomic mass is 19.1. The first-order valence-electron chi connectivity index (χ1n) is 10.4.